The average Bonchev–Trinajstić information content (AvgIpc) is 2.14. The lowest BCUT2D eigenvalue weighted by Crippen LogP contribution is -2.41. The number of hydrazine groups is 1. The van der Waals surface area contributed by atoms with Gasteiger partial charge in [0.25, 0.3) is 0 Å². The van der Waals surface area contributed by atoms with E-state index >= 15 is 0 Å². The lowest BCUT2D eigenvalue weighted by molar-refractivity contribution is 0.247. The second-order valence-electron chi connectivity index (χ2n) is 2.98. The van der Waals surface area contributed by atoms with Crippen molar-refractivity contribution in [2.75, 3.05) is 7.05 Å². The molecule has 1 aliphatic heterocycles. The van der Waals surface area contributed by atoms with Crippen molar-refractivity contribution in [3.8, 4) is 0 Å². The smallest absolute Gasteiger partial charge is 0.0988 e. The van der Waals surface area contributed by atoms with Crippen molar-refractivity contribution in [1.29, 1.82) is 0 Å². The zero-order chi connectivity index (χ0) is 7.72. The minimum atomic E-state index is 0.0556. The van der Waals surface area contributed by atoms with Gasteiger partial charge in [-0.3, -0.25) is 0 Å². The standard InChI is InChI=1S/C7H15N3/c1-5(2)6-4-9-10(3)7(6)8/h4-5,7,9H,8H2,1-3H3. The molecule has 0 aromatic carbocycles. The summed E-state index contributed by atoms with van der Waals surface area (Å²) in [7, 11) is 1.94. The zero-order valence-corrected chi connectivity index (χ0v) is 6.76. The van der Waals surface area contributed by atoms with Crippen LogP contribution in [0.15, 0.2) is 11.8 Å². The van der Waals surface area contributed by atoms with Crippen molar-refractivity contribution in [3.63, 3.8) is 0 Å². The predicted molar refractivity (Wildman–Crippen MR) is 41.8 cm³/mol. The zero-order valence-electron chi connectivity index (χ0n) is 6.76. The fraction of sp³-hybridized carbons (Fsp3) is 0.714. The van der Waals surface area contributed by atoms with Crippen LogP contribution in [0.2, 0.25) is 0 Å². The van der Waals surface area contributed by atoms with Crippen LogP contribution in [0, 0.1) is 5.92 Å². The Bertz CT molecular complexity index is 151. The average molecular weight is 141 g/mol. The SMILES string of the molecule is CC(C)C1=CNN(C)C1N. The van der Waals surface area contributed by atoms with Gasteiger partial charge in [0, 0.05) is 13.2 Å². The number of rotatable bonds is 1. The van der Waals surface area contributed by atoms with E-state index in [2.05, 4.69) is 19.3 Å². The van der Waals surface area contributed by atoms with Crippen molar-refractivity contribution in [3.05, 3.63) is 11.8 Å². The molecule has 0 aliphatic carbocycles. The third-order valence-electron chi connectivity index (χ3n) is 1.86. The van der Waals surface area contributed by atoms with E-state index in [4.69, 9.17) is 5.73 Å². The topological polar surface area (TPSA) is 41.3 Å². The minimum absolute atomic E-state index is 0.0556. The van der Waals surface area contributed by atoms with Gasteiger partial charge >= 0.3 is 0 Å². The lowest BCUT2D eigenvalue weighted by Gasteiger charge is -2.19. The highest BCUT2D eigenvalue weighted by molar-refractivity contribution is 5.14. The van der Waals surface area contributed by atoms with E-state index in [0.29, 0.717) is 5.92 Å². The molecular formula is C7H15N3. The molecule has 0 saturated heterocycles. The number of hydrogen-bond acceptors (Lipinski definition) is 3. The summed E-state index contributed by atoms with van der Waals surface area (Å²) in [5.74, 6) is 0.535. The van der Waals surface area contributed by atoms with Crippen LogP contribution in [0.1, 0.15) is 13.8 Å². The Hall–Kier alpha value is -0.540. The largest absolute Gasteiger partial charge is 0.325 e. The molecule has 0 fully saturated rings. The number of hydrogen-bond donors (Lipinski definition) is 2. The van der Waals surface area contributed by atoms with Crippen molar-refractivity contribution in [1.82, 2.24) is 10.4 Å². The maximum Gasteiger partial charge on any atom is 0.0988 e. The highest BCUT2D eigenvalue weighted by Crippen LogP contribution is 2.16. The molecule has 58 valence electrons. The molecule has 0 aromatic rings. The van der Waals surface area contributed by atoms with E-state index < -0.39 is 0 Å². The monoisotopic (exact) mass is 141 g/mol. The molecule has 0 amide bonds. The van der Waals surface area contributed by atoms with E-state index in [-0.39, 0.29) is 6.17 Å². The maximum absolute atomic E-state index is 5.82. The van der Waals surface area contributed by atoms with Gasteiger partial charge in [-0.05, 0) is 11.5 Å². The first-order valence-corrected chi connectivity index (χ1v) is 3.57. The fourth-order valence-corrected chi connectivity index (χ4v) is 1.07. The van der Waals surface area contributed by atoms with E-state index in [1.807, 2.05) is 18.3 Å². The Balaban J connectivity index is 2.62. The summed E-state index contributed by atoms with van der Waals surface area (Å²) >= 11 is 0. The van der Waals surface area contributed by atoms with Crippen LogP contribution >= 0.6 is 0 Å². The van der Waals surface area contributed by atoms with E-state index in [1.165, 1.54) is 5.57 Å². The van der Waals surface area contributed by atoms with Crippen LogP contribution < -0.4 is 11.2 Å². The van der Waals surface area contributed by atoms with Gasteiger partial charge in [0.05, 0.1) is 6.17 Å². The molecule has 0 saturated carbocycles. The Morgan fingerprint density at radius 1 is 1.70 bits per heavy atom. The summed E-state index contributed by atoms with van der Waals surface area (Å²) in [6.07, 6.45) is 2.04. The normalized spacial score (nSPS) is 26.9. The number of nitrogens with one attached hydrogen (secondary N) is 1. The van der Waals surface area contributed by atoms with Gasteiger partial charge in [-0.15, -0.1) is 0 Å². The maximum atomic E-state index is 5.82. The Morgan fingerprint density at radius 3 is 2.50 bits per heavy atom. The van der Waals surface area contributed by atoms with Crippen LogP contribution in [0.25, 0.3) is 0 Å². The van der Waals surface area contributed by atoms with Gasteiger partial charge in [-0.25, -0.2) is 5.01 Å². The molecule has 0 spiro atoms. The summed E-state index contributed by atoms with van der Waals surface area (Å²) in [4.78, 5) is 0. The first kappa shape index (κ1) is 7.57. The molecule has 1 atom stereocenters. The van der Waals surface area contributed by atoms with Crippen molar-refractivity contribution >= 4 is 0 Å². The van der Waals surface area contributed by atoms with Gasteiger partial charge in [0.15, 0.2) is 0 Å². The van der Waals surface area contributed by atoms with Gasteiger partial charge in [0.1, 0.15) is 0 Å². The Morgan fingerprint density at radius 2 is 2.30 bits per heavy atom. The van der Waals surface area contributed by atoms with E-state index in [0.717, 1.165) is 0 Å². The first-order valence-electron chi connectivity index (χ1n) is 3.57. The minimum Gasteiger partial charge on any atom is -0.325 e. The summed E-state index contributed by atoms with van der Waals surface area (Å²) in [6, 6.07) is 0. The second-order valence-corrected chi connectivity index (χ2v) is 2.98. The van der Waals surface area contributed by atoms with E-state index in [9.17, 15) is 0 Å². The molecule has 1 aliphatic rings. The molecule has 0 aromatic heterocycles. The predicted octanol–water partition coefficient (Wildman–Crippen LogP) is 0.261. The molecule has 3 nitrogen and oxygen atoms in total. The van der Waals surface area contributed by atoms with Crippen LogP contribution in [0.3, 0.4) is 0 Å². The molecular weight excluding hydrogens is 126 g/mol. The molecule has 1 unspecified atom stereocenters. The third kappa shape index (κ3) is 1.15. The van der Waals surface area contributed by atoms with Crippen molar-refractivity contribution in [2.24, 2.45) is 11.7 Å². The quantitative estimate of drug-likeness (QED) is 0.550. The lowest BCUT2D eigenvalue weighted by atomic mass is 10.0. The van der Waals surface area contributed by atoms with Crippen LogP contribution in [0.4, 0.5) is 0 Å². The highest BCUT2D eigenvalue weighted by atomic mass is 15.5. The molecule has 3 heteroatoms. The number of likely N-dealkylation sites (N-methyl/N-ethyl adjacent to an activating group) is 1. The Labute approximate surface area is 61.9 Å². The molecule has 10 heavy (non-hydrogen) atoms. The van der Waals surface area contributed by atoms with Gasteiger partial charge in [-0.2, -0.15) is 0 Å². The summed E-state index contributed by atoms with van der Waals surface area (Å²) in [5.41, 5.74) is 10.1. The fourth-order valence-electron chi connectivity index (χ4n) is 1.07. The molecule has 1 rings (SSSR count). The van der Waals surface area contributed by atoms with E-state index in [1.54, 1.807) is 0 Å². The van der Waals surface area contributed by atoms with Gasteiger partial charge in [0.2, 0.25) is 0 Å². The third-order valence-corrected chi connectivity index (χ3v) is 1.86. The number of nitrogens with zero attached hydrogens (tertiary/aromatic N) is 1. The Kier molecular flexibility index (Phi) is 1.97. The van der Waals surface area contributed by atoms with Crippen LogP contribution in [0.5, 0.6) is 0 Å². The summed E-state index contributed by atoms with van der Waals surface area (Å²) in [5, 5.41) is 1.90. The molecule has 1 heterocycles. The molecule has 0 bridgehead atoms. The van der Waals surface area contributed by atoms with Gasteiger partial charge < -0.3 is 11.2 Å². The highest BCUT2D eigenvalue weighted by Gasteiger charge is 2.21. The van der Waals surface area contributed by atoms with Gasteiger partial charge in [-0.1, -0.05) is 13.8 Å². The summed E-state index contributed by atoms with van der Waals surface area (Å²) < 4.78 is 0. The van der Waals surface area contributed by atoms with Crippen LogP contribution in [-0.2, 0) is 0 Å². The van der Waals surface area contributed by atoms with Crippen molar-refractivity contribution in [2.45, 2.75) is 20.0 Å². The molecule has 0 radical (unpaired) electrons. The first-order chi connectivity index (χ1) is 4.63. The summed E-state index contributed by atoms with van der Waals surface area (Å²) in [6.45, 7) is 4.29. The number of nitrogens with two attached hydrogens (primary N) is 1. The van der Waals surface area contributed by atoms with Crippen LogP contribution in [-0.4, -0.2) is 18.2 Å². The second kappa shape index (κ2) is 2.60. The molecule has 3 N–H and O–H groups in total. The van der Waals surface area contributed by atoms with Crippen molar-refractivity contribution < 1.29 is 0 Å².